The third-order valence-electron chi connectivity index (χ3n) is 4.90. The zero-order valence-corrected chi connectivity index (χ0v) is 16.9. The average molecular weight is 399 g/mol. The van der Waals surface area contributed by atoms with Gasteiger partial charge in [0.1, 0.15) is 12.4 Å². The number of aromatic amines is 1. The molecule has 0 saturated heterocycles. The summed E-state index contributed by atoms with van der Waals surface area (Å²) in [4.78, 5) is 14.4. The second-order valence-corrected chi connectivity index (χ2v) is 7.24. The van der Waals surface area contributed by atoms with Crippen LogP contribution in [0.15, 0.2) is 78.9 Å². The fourth-order valence-corrected chi connectivity index (χ4v) is 3.34. The molecule has 1 heterocycles. The molecule has 0 aliphatic heterocycles. The van der Waals surface area contributed by atoms with Gasteiger partial charge in [-0.3, -0.25) is 4.79 Å². The molecule has 3 N–H and O–H groups in total. The van der Waals surface area contributed by atoms with E-state index in [1.54, 1.807) is 0 Å². The molecule has 0 atom stereocenters. The van der Waals surface area contributed by atoms with Crippen molar-refractivity contribution in [2.75, 3.05) is 5.32 Å². The summed E-state index contributed by atoms with van der Waals surface area (Å²) in [5.41, 5.74) is 5.32. The fourth-order valence-electron chi connectivity index (χ4n) is 3.34. The number of anilines is 1. The van der Waals surface area contributed by atoms with Crippen molar-refractivity contribution in [3.63, 3.8) is 0 Å². The van der Waals surface area contributed by atoms with Crippen molar-refractivity contribution in [2.24, 2.45) is 0 Å². The number of fused-ring (bicyclic) bond motifs is 1. The number of para-hydroxylation sites is 1. The molecule has 0 fully saturated rings. The lowest BCUT2D eigenvalue weighted by Gasteiger charge is -2.13. The Hall–Kier alpha value is -3.73. The molecule has 0 radical (unpaired) electrons. The summed E-state index contributed by atoms with van der Waals surface area (Å²) in [6.45, 7) is 3.23. The standard InChI is InChI=1S/C25H25N3O2/c1-18(29)26-16-23-14-21-13-22(11-12-24(21)28-23)27-15-20-9-5-6-10-25(20)30-17-19-7-3-2-4-8-19/h2-14,27-28H,15-17H2,1H3,(H,26,29). The Bertz CT molecular complexity index is 1140. The summed E-state index contributed by atoms with van der Waals surface area (Å²) in [5, 5.41) is 7.41. The Balaban J connectivity index is 1.41. The maximum atomic E-state index is 11.1. The minimum absolute atomic E-state index is 0.0378. The molecular formula is C25H25N3O2. The van der Waals surface area contributed by atoms with Crippen LogP contribution < -0.4 is 15.4 Å². The summed E-state index contributed by atoms with van der Waals surface area (Å²) in [6, 6.07) is 26.5. The molecule has 30 heavy (non-hydrogen) atoms. The molecule has 4 aromatic rings. The molecule has 0 aliphatic carbocycles. The molecule has 0 saturated carbocycles. The van der Waals surface area contributed by atoms with Gasteiger partial charge in [0.2, 0.25) is 5.91 Å². The zero-order valence-electron chi connectivity index (χ0n) is 16.9. The van der Waals surface area contributed by atoms with Gasteiger partial charge >= 0.3 is 0 Å². The summed E-state index contributed by atoms with van der Waals surface area (Å²) in [5.74, 6) is 0.846. The molecular weight excluding hydrogens is 374 g/mol. The van der Waals surface area contributed by atoms with Crippen LogP contribution in [0.5, 0.6) is 5.75 Å². The Kier molecular flexibility index (Phi) is 5.99. The third-order valence-corrected chi connectivity index (χ3v) is 4.90. The first-order chi connectivity index (χ1) is 14.7. The number of H-pyrrole nitrogens is 1. The lowest BCUT2D eigenvalue weighted by Crippen LogP contribution is -2.18. The largest absolute Gasteiger partial charge is 0.489 e. The van der Waals surface area contributed by atoms with Gasteiger partial charge in [0.15, 0.2) is 0 Å². The maximum Gasteiger partial charge on any atom is 0.217 e. The van der Waals surface area contributed by atoms with Gasteiger partial charge in [-0.15, -0.1) is 0 Å². The van der Waals surface area contributed by atoms with Crippen molar-refractivity contribution < 1.29 is 9.53 Å². The van der Waals surface area contributed by atoms with E-state index in [0.717, 1.165) is 39.2 Å². The van der Waals surface area contributed by atoms with E-state index in [0.29, 0.717) is 19.7 Å². The molecule has 1 aromatic heterocycles. The predicted molar refractivity (Wildman–Crippen MR) is 120 cm³/mol. The normalized spacial score (nSPS) is 10.7. The second-order valence-electron chi connectivity index (χ2n) is 7.24. The molecule has 152 valence electrons. The summed E-state index contributed by atoms with van der Waals surface area (Å²) in [7, 11) is 0. The van der Waals surface area contributed by atoms with Crippen LogP contribution in [0, 0.1) is 0 Å². The zero-order chi connectivity index (χ0) is 20.8. The van der Waals surface area contributed by atoms with E-state index in [-0.39, 0.29) is 5.91 Å². The highest BCUT2D eigenvalue weighted by Gasteiger charge is 2.06. The number of hydrogen-bond acceptors (Lipinski definition) is 3. The number of carbonyl (C=O) groups is 1. The number of carbonyl (C=O) groups excluding carboxylic acids is 1. The van der Waals surface area contributed by atoms with Crippen LogP contribution in [0.1, 0.15) is 23.7 Å². The summed E-state index contributed by atoms with van der Waals surface area (Å²) in [6.07, 6.45) is 0. The van der Waals surface area contributed by atoms with Crippen molar-refractivity contribution in [3.05, 3.63) is 95.7 Å². The topological polar surface area (TPSA) is 66.2 Å². The number of ether oxygens (including phenoxy) is 1. The molecule has 0 bridgehead atoms. The summed E-state index contributed by atoms with van der Waals surface area (Å²) >= 11 is 0. The monoisotopic (exact) mass is 399 g/mol. The molecule has 5 nitrogen and oxygen atoms in total. The van der Waals surface area contributed by atoms with E-state index in [2.05, 4.69) is 52.0 Å². The van der Waals surface area contributed by atoms with E-state index in [9.17, 15) is 4.79 Å². The highest BCUT2D eigenvalue weighted by Crippen LogP contribution is 2.23. The Morgan fingerprint density at radius 1 is 0.933 bits per heavy atom. The highest BCUT2D eigenvalue weighted by molar-refractivity contribution is 5.84. The first kappa shape index (κ1) is 19.6. The highest BCUT2D eigenvalue weighted by atomic mass is 16.5. The lowest BCUT2D eigenvalue weighted by atomic mass is 10.1. The molecule has 0 spiro atoms. The van der Waals surface area contributed by atoms with Gasteiger partial charge in [-0.1, -0.05) is 48.5 Å². The molecule has 5 heteroatoms. The van der Waals surface area contributed by atoms with Crippen molar-refractivity contribution in [2.45, 2.75) is 26.6 Å². The maximum absolute atomic E-state index is 11.1. The van der Waals surface area contributed by atoms with Gasteiger partial charge in [0.05, 0.1) is 6.54 Å². The number of aromatic nitrogens is 1. The van der Waals surface area contributed by atoms with Crippen molar-refractivity contribution in [1.82, 2.24) is 10.3 Å². The van der Waals surface area contributed by atoms with Crippen molar-refractivity contribution in [1.29, 1.82) is 0 Å². The number of hydrogen-bond donors (Lipinski definition) is 3. The van der Waals surface area contributed by atoms with E-state index in [4.69, 9.17) is 4.74 Å². The van der Waals surface area contributed by atoms with Gasteiger partial charge in [0.25, 0.3) is 0 Å². The first-order valence-electron chi connectivity index (χ1n) is 10.0. The lowest BCUT2D eigenvalue weighted by molar-refractivity contribution is -0.119. The number of amides is 1. The Morgan fingerprint density at radius 3 is 2.57 bits per heavy atom. The van der Waals surface area contributed by atoms with Gasteiger partial charge < -0.3 is 20.4 Å². The van der Waals surface area contributed by atoms with Gasteiger partial charge in [-0.05, 0) is 35.9 Å². The quantitative estimate of drug-likeness (QED) is 0.391. The number of nitrogens with one attached hydrogen (secondary N) is 3. The van der Waals surface area contributed by atoms with Gasteiger partial charge in [-0.25, -0.2) is 0 Å². The minimum atomic E-state index is -0.0378. The van der Waals surface area contributed by atoms with Crippen LogP contribution >= 0.6 is 0 Å². The van der Waals surface area contributed by atoms with Gasteiger partial charge in [-0.2, -0.15) is 0 Å². The number of rotatable bonds is 8. The van der Waals surface area contributed by atoms with Crippen molar-refractivity contribution in [3.8, 4) is 5.75 Å². The van der Waals surface area contributed by atoms with Crippen LogP contribution in [-0.4, -0.2) is 10.9 Å². The van der Waals surface area contributed by atoms with Crippen molar-refractivity contribution >= 4 is 22.5 Å². The minimum Gasteiger partial charge on any atom is -0.489 e. The average Bonchev–Trinajstić information content (AvgIpc) is 3.18. The van der Waals surface area contributed by atoms with Crippen LogP contribution in [0.25, 0.3) is 10.9 Å². The SMILES string of the molecule is CC(=O)NCc1cc2cc(NCc3ccccc3OCc3ccccc3)ccc2[nH]1. The summed E-state index contributed by atoms with van der Waals surface area (Å²) < 4.78 is 6.05. The van der Waals surface area contributed by atoms with Crippen LogP contribution in [0.3, 0.4) is 0 Å². The van der Waals surface area contributed by atoms with E-state index in [1.807, 2.05) is 42.5 Å². The van der Waals surface area contributed by atoms with Crippen LogP contribution in [0.4, 0.5) is 5.69 Å². The smallest absolute Gasteiger partial charge is 0.217 e. The van der Waals surface area contributed by atoms with E-state index >= 15 is 0 Å². The van der Waals surface area contributed by atoms with Gasteiger partial charge in [0, 0.05) is 41.3 Å². The Morgan fingerprint density at radius 2 is 1.73 bits per heavy atom. The molecule has 0 unspecified atom stereocenters. The number of benzene rings is 3. The first-order valence-corrected chi connectivity index (χ1v) is 10.0. The Labute approximate surface area is 176 Å². The van der Waals surface area contributed by atoms with E-state index in [1.165, 1.54) is 6.92 Å². The van der Waals surface area contributed by atoms with Crippen LogP contribution in [-0.2, 0) is 24.5 Å². The fraction of sp³-hybridized carbons (Fsp3) is 0.160. The third kappa shape index (κ3) is 5.00. The predicted octanol–water partition coefficient (Wildman–Crippen LogP) is 5.00. The van der Waals surface area contributed by atoms with E-state index < -0.39 is 0 Å². The van der Waals surface area contributed by atoms with Crippen LogP contribution in [0.2, 0.25) is 0 Å². The molecule has 0 aliphatic rings. The molecule has 3 aromatic carbocycles. The molecule has 1 amide bonds. The molecule has 4 rings (SSSR count). The second kappa shape index (κ2) is 9.18.